The number of carbonyl (C=O) groups excluding carboxylic acids is 1. The molecule has 0 aromatic carbocycles. The number of carbonyl (C=O) groups is 1. The highest BCUT2D eigenvalue weighted by Gasteiger charge is 2.24. The van der Waals surface area contributed by atoms with Gasteiger partial charge in [-0.1, -0.05) is 6.92 Å². The summed E-state index contributed by atoms with van der Waals surface area (Å²) in [6.45, 7) is 5.47. The molecule has 0 spiro atoms. The van der Waals surface area contributed by atoms with Crippen molar-refractivity contribution < 1.29 is 4.79 Å². The van der Waals surface area contributed by atoms with Crippen molar-refractivity contribution in [3.63, 3.8) is 0 Å². The van der Waals surface area contributed by atoms with Crippen LogP contribution in [0.4, 0.5) is 0 Å². The van der Waals surface area contributed by atoms with E-state index in [-0.39, 0.29) is 28.7 Å². The minimum Gasteiger partial charge on any atom is -0.346 e. The fourth-order valence-electron chi connectivity index (χ4n) is 2.90. The van der Waals surface area contributed by atoms with Gasteiger partial charge in [-0.05, 0) is 37.4 Å². The van der Waals surface area contributed by atoms with Gasteiger partial charge < -0.3 is 10.6 Å². The molecule has 0 radical (unpaired) electrons. The first-order chi connectivity index (χ1) is 11.0. The highest BCUT2D eigenvalue weighted by Crippen LogP contribution is 2.14. The number of nitrogens with zero attached hydrogens (tertiary/aromatic N) is 1. The van der Waals surface area contributed by atoms with E-state index in [1.54, 1.807) is 13.0 Å². The van der Waals surface area contributed by atoms with Gasteiger partial charge in [0.2, 0.25) is 0 Å². The summed E-state index contributed by atoms with van der Waals surface area (Å²) in [5.74, 6) is 0.0704. The Hall–Kier alpha value is -2.48. The van der Waals surface area contributed by atoms with Crippen molar-refractivity contribution in [2.45, 2.75) is 26.3 Å². The Kier molecular flexibility index (Phi) is 3.99. The van der Waals surface area contributed by atoms with Gasteiger partial charge in [0.15, 0.2) is 0 Å². The molecule has 1 saturated heterocycles. The predicted molar refractivity (Wildman–Crippen MR) is 85.6 cm³/mol. The first-order valence-corrected chi connectivity index (χ1v) is 7.61. The van der Waals surface area contributed by atoms with E-state index in [4.69, 9.17) is 0 Å². The number of rotatable bonds is 2. The predicted octanol–water partition coefficient (Wildman–Crippen LogP) is -0.352. The molecule has 1 amide bonds. The average Bonchev–Trinajstić information content (AvgIpc) is 2.48. The van der Waals surface area contributed by atoms with Gasteiger partial charge in [-0.15, -0.1) is 0 Å². The lowest BCUT2D eigenvalue weighted by Crippen LogP contribution is -2.50. The van der Waals surface area contributed by atoms with Crippen LogP contribution >= 0.6 is 0 Å². The number of piperidine rings is 1. The molecule has 8 nitrogen and oxygen atoms in total. The molecule has 1 aliphatic heterocycles. The van der Waals surface area contributed by atoms with Crippen molar-refractivity contribution in [1.29, 1.82) is 0 Å². The fourth-order valence-corrected chi connectivity index (χ4v) is 2.90. The first-order valence-electron chi connectivity index (χ1n) is 7.61. The number of hydrogen-bond donors (Lipinski definition) is 4. The summed E-state index contributed by atoms with van der Waals surface area (Å²) >= 11 is 0. The highest BCUT2D eigenvalue weighted by atomic mass is 16.2. The number of aromatic nitrogens is 3. The number of amides is 1. The summed E-state index contributed by atoms with van der Waals surface area (Å²) in [5.41, 5.74) is -0.247. The molecule has 1 fully saturated rings. The molecule has 3 rings (SSSR count). The lowest BCUT2D eigenvalue weighted by molar-refractivity contribution is 0.0910. The zero-order chi connectivity index (χ0) is 16.6. The summed E-state index contributed by atoms with van der Waals surface area (Å²) < 4.78 is 0. The van der Waals surface area contributed by atoms with Crippen molar-refractivity contribution in [3.8, 4) is 0 Å². The van der Waals surface area contributed by atoms with Gasteiger partial charge in [-0.3, -0.25) is 19.6 Å². The summed E-state index contributed by atoms with van der Waals surface area (Å²) in [5, 5.41) is 6.50. The van der Waals surface area contributed by atoms with E-state index in [1.807, 2.05) is 0 Å². The zero-order valence-corrected chi connectivity index (χ0v) is 13.0. The maximum Gasteiger partial charge on any atom is 0.327 e. The van der Waals surface area contributed by atoms with Gasteiger partial charge >= 0.3 is 5.69 Å². The van der Waals surface area contributed by atoms with Crippen LogP contribution in [0.1, 0.15) is 29.4 Å². The van der Waals surface area contributed by atoms with Crippen LogP contribution < -0.4 is 21.9 Å². The minimum atomic E-state index is -0.642. The Morgan fingerprint density at radius 3 is 2.87 bits per heavy atom. The molecule has 2 unspecified atom stereocenters. The molecular weight excluding hydrogens is 298 g/mol. The molecule has 0 saturated carbocycles. The third kappa shape index (κ3) is 3.02. The summed E-state index contributed by atoms with van der Waals surface area (Å²) in [7, 11) is 0. The Balaban J connectivity index is 1.95. The molecule has 0 bridgehead atoms. The third-order valence-electron chi connectivity index (χ3n) is 4.28. The van der Waals surface area contributed by atoms with E-state index in [1.165, 1.54) is 0 Å². The SMILES string of the molecule is Cc1cc(C(=O)NC2CNCCC2C)nc2[nH]c(=O)[nH]c(=O)c12. The van der Waals surface area contributed by atoms with Crippen LogP contribution in [0.2, 0.25) is 0 Å². The van der Waals surface area contributed by atoms with E-state index in [2.05, 4.69) is 32.5 Å². The fraction of sp³-hybridized carbons (Fsp3) is 0.467. The van der Waals surface area contributed by atoms with Crippen molar-refractivity contribution in [2.24, 2.45) is 5.92 Å². The van der Waals surface area contributed by atoms with E-state index in [0.717, 1.165) is 19.5 Å². The molecule has 2 atom stereocenters. The van der Waals surface area contributed by atoms with E-state index >= 15 is 0 Å². The quantitative estimate of drug-likeness (QED) is 0.603. The van der Waals surface area contributed by atoms with Crippen molar-refractivity contribution in [3.05, 3.63) is 38.2 Å². The van der Waals surface area contributed by atoms with Gasteiger partial charge in [0.25, 0.3) is 11.5 Å². The smallest absolute Gasteiger partial charge is 0.327 e. The van der Waals surface area contributed by atoms with Crippen LogP contribution in [0.5, 0.6) is 0 Å². The standard InChI is InChI=1S/C15H19N5O3/c1-7-3-4-16-6-10(7)18-13(21)9-5-8(2)11-12(17-9)19-15(23)20-14(11)22/h5,7,10,16H,3-4,6H2,1-2H3,(H,18,21)(H2,17,19,20,22,23). The summed E-state index contributed by atoms with van der Waals surface area (Å²) in [6, 6.07) is 1.60. The lowest BCUT2D eigenvalue weighted by Gasteiger charge is -2.30. The Morgan fingerprint density at radius 1 is 1.35 bits per heavy atom. The topological polar surface area (TPSA) is 120 Å². The van der Waals surface area contributed by atoms with Gasteiger partial charge in [-0.2, -0.15) is 0 Å². The van der Waals surface area contributed by atoms with E-state index in [9.17, 15) is 14.4 Å². The second kappa shape index (κ2) is 5.96. The monoisotopic (exact) mass is 317 g/mol. The van der Waals surface area contributed by atoms with Crippen molar-refractivity contribution in [1.82, 2.24) is 25.6 Å². The lowest BCUT2D eigenvalue weighted by atomic mass is 9.94. The van der Waals surface area contributed by atoms with Crippen LogP contribution in [0, 0.1) is 12.8 Å². The van der Waals surface area contributed by atoms with E-state index < -0.39 is 11.2 Å². The second-order valence-electron chi connectivity index (χ2n) is 6.01. The molecular formula is C15H19N5O3. The van der Waals surface area contributed by atoms with Crippen LogP contribution in [-0.2, 0) is 0 Å². The molecule has 3 heterocycles. The number of fused-ring (bicyclic) bond motifs is 1. The Bertz CT molecular complexity index is 870. The van der Waals surface area contributed by atoms with Crippen molar-refractivity contribution >= 4 is 16.9 Å². The minimum absolute atomic E-state index is 0.0345. The van der Waals surface area contributed by atoms with Gasteiger partial charge in [0.05, 0.1) is 5.39 Å². The molecule has 8 heteroatoms. The number of hydrogen-bond acceptors (Lipinski definition) is 5. The molecule has 2 aromatic heterocycles. The summed E-state index contributed by atoms with van der Waals surface area (Å²) in [6.07, 6.45) is 0.998. The van der Waals surface area contributed by atoms with Crippen molar-refractivity contribution in [2.75, 3.05) is 13.1 Å². The molecule has 23 heavy (non-hydrogen) atoms. The van der Waals surface area contributed by atoms with Gasteiger partial charge in [0.1, 0.15) is 11.3 Å². The Labute approximate surface area is 131 Å². The van der Waals surface area contributed by atoms with Crippen LogP contribution in [0.15, 0.2) is 15.7 Å². The molecule has 122 valence electrons. The van der Waals surface area contributed by atoms with Gasteiger partial charge in [-0.25, -0.2) is 9.78 Å². The largest absolute Gasteiger partial charge is 0.346 e. The van der Waals surface area contributed by atoms with Crippen LogP contribution in [0.3, 0.4) is 0 Å². The number of nitrogens with one attached hydrogen (secondary N) is 4. The zero-order valence-electron chi connectivity index (χ0n) is 13.0. The molecule has 2 aromatic rings. The normalized spacial score (nSPS) is 21.3. The maximum absolute atomic E-state index is 12.4. The molecule has 0 aliphatic carbocycles. The molecule has 1 aliphatic rings. The maximum atomic E-state index is 12.4. The van der Waals surface area contributed by atoms with Gasteiger partial charge in [0, 0.05) is 12.6 Å². The summed E-state index contributed by atoms with van der Waals surface area (Å²) in [4.78, 5) is 44.4. The number of aryl methyl sites for hydroxylation is 1. The number of pyridine rings is 1. The number of aromatic amines is 2. The third-order valence-corrected chi connectivity index (χ3v) is 4.28. The van der Waals surface area contributed by atoms with Crippen LogP contribution in [-0.4, -0.2) is 40.0 Å². The van der Waals surface area contributed by atoms with Crippen LogP contribution in [0.25, 0.3) is 11.0 Å². The average molecular weight is 317 g/mol. The first kappa shape index (κ1) is 15.4. The molecule has 4 N–H and O–H groups in total. The Morgan fingerprint density at radius 2 is 2.13 bits per heavy atom. The van der Waals surface area contributed by atoms with E-state index in [0.29, 0.717) is 11.5 Å². The highest BCUT2D eigenvalue weighted by molar-refractivity contribution is 5.95. The second-order valence-corrected chi connectivity index (χ2v) is 6.01. The number of H-pyrrole nitrogens is 2.